The van der Waals surface area contributed by atoms with Crippen LogP contribution in [0.15, 0.2) is 36.4 Å². The minimum absolute atomic E-state index is 0.0783. The Kier molecular flexibility index (Phi) is 5.70. The fraction of sp³-hybridized carbons (Fsp3) is 0.350. The maximum atomic E-state index is 14.1. The van der Waals surface area contributed by atoms with Gasteiger partial charge in [0.15, 0.2) is 11.6 Å². The van der Waals surface area contributed by atoms with Gasteiger partial charge in [0.2, 0.25) is 5.91 Å². The van der Waals surface area contributed by atoms with E-state index in [4.69, 9.17) is 4.74 Å². The molecule has 4 nitrogen and oxygen atoms in total. The van der Waals surface area contributed by atoms with Gasteiger partial charge in [0, 0.05) is 44.0 Å². The molecule has 27 heavy (non-hydrogen) atoms. The van der Waals surface area contributed by atoms with Crippen LogP contribution in [-0.4, -0.2) is 36.2 Å². The molecule has 0 saturated carbocycles. The maximum Gasteiger partial charge on any atom is 0.223 e. The van der Waals surface area contributed by atoms with E-state index in [9.17, 15) is 23.1 Å². The first-order valence-electron chi connectivity index (χ1n) is 8.59. The molecule has 144 valence electrons. The van der Waals surface area contributed by atoms with Crippen molar-refractivity contribution in [2.24, 2.45) is 5.92 Å². The summed E-state index contributed by atoms with van der Waals surface area (Å²) in [5.74, 6) is -4.06. The predicted octanol–water partition coefficient (Wildman–Crippen LogP) is 3.24. The molecule has 0 aliphatic carbocycles. The zero-order valence-corrected chi connectivity index (χ0v) is 14.8. The monoisotopic (exact) mass is 379 g/mol. The van der Waals surface area contributed by atoms with E-state index in [1.54, 1.807) is 24.1 Å². The summed E-state index contributed by atoms with van der Waals surface area (Å²) in [7, 11) is 1.56. The molecule has 2 unspecified atom stereocenters. The average Bonchev–Trinajstić information content (AvgIpc) is 2.66. The highest BCUT2D eigenvalue weighted by Gasteiger charge is 2.36. The number of benzene rings is 2. The van der Waals surface area contributed by atoms with E-state index in [2.05, 4.69) is 0 Å². The third-order valence-corrected chi connectivity index (χ3v) is 4.98. The van der Waals surface area contributed by atoms with Gasteiger partial charge < -0.3 is 14.7 Å². The average molecular weight is 379 g/mol. The molecule has 1 heterocycles. The van der Waals surface area contributed by atoms with E-state index in [-0.39, 0.29) is 31.0 Å². The maximum absolute atomic E-state index is 14.1. The number of hydrogen-bond acceptors (Lipinski definition) is 3. The lowest BCUT2D eigenvalue weighted by Crippen LogP contribution is -2.44. The smallest absolute Gasteiger partial charge is 0.223 e. The van der Waals surface area contributed by atoms with E-state index in [0.29, 0.717) is 18.4 Å². The molecule has 2 aromatic carbocycles. The van der Waals surface area contributed by atoms with Crippen molar-refractivity contribution in [1.82, 2.24) is 4.90 Å². The number of hydrogen-bond donors (Lipinski definition) is 1. The van der Waals surface area contributed by atoms with Gasteiger partial charge in [0.1, 0.15) is 11.6 Å². The summed E-state index contributed by atoms with van der Waals surface area (Å²) in [6, 6.07) is 8.50. The molecular weight excluding hydrogens is 359 g/mol. The molecule has 1 saturated heterocycles. The van der Waals surface area contributed by atoms with Crippen LogP contribution in [0.3, 0.4) is 0 Å². The number of aliphatic hydroxyl groups is 1. The second kappa shape index (κ2) is 8.00. The standard InChI is InChI=1S/C20H20F3NO3/c1-27-14-4-2-12(3-5-14)9-24-10-13(11-25)15(7-20(24)26)16-6-18(22)19(23)8-17(16)21/h2-6,8,13,15,25H,7,9-11H2,1H3. The first-order chi connectivity index (χ1) is 12.9. The van der Waals surface area contributed by atoms with Crippen LogP contribution in [0.4, 0.5) is 13.2 Å². The van der Waals surface area contributed by atoms with Gasteiger partial charge in [0.25, 0.3) is 0 Å². The Morgan fingerprint density at radius 1 is 1.11 bits per heavy atom. The topological polar surface area (TPSA) is 49.8 Å². The SMILES string of the molecule is COc1ccc(CN2CC(CO)C(c3cc(F)c(F)cc3F)CC2=O)cc1. The van der Waals surface area contributed by atoms with Crippen molar-refractivity contribution < 1.29 is 27.8 Å². The number of carbonyl (C=O) groups is 1. The Hall–Kier alpha value is -2.54. The summed E-state index contributed by atoms with van der Waals surface area (Å²) in [5.41, 5.74) is 0.809. The van der Waals surface area contributed by atoms with E-state index < -0.39 is 29.3 Å². The van der Waals surface area contributed by atoms with Gasteiger partial charge in [-0.2, -0.15) is 0 Å². The van der Waals surface area contributed by atoms with Crippen LogP contribution >= 0.6 is 0 Å². The van der Waals surface area contributed by atoms with Crippen molar-refractivity contribution in [1.29, 1.82) is 0 Å². The predicted molar refractivity (Wildman–Crippen MR) is 92.7 cm³/mol. The number of rotatable bonds is 5. The van der Waals surface area contributed by atoms with Crippen LogP contribution in [0, 0.1) is 23.4 Å². The number of ether oxygens (including phenoxy) is 1. The Balaban J connectivity index is 1.79. The summed E-state index contributed by atoms with van der Waals surface area (Å²) < 4.78 is 46.0. The Morgan fingerprint density at radius 2 is 1.78 bits per heavy atom. The van der Waals surface area contributed by atoms with E-state index in [0.717, 1.165) is 11.6 Å². The van der Waals surface area contributed by atoms with Crippen molar-refractivity contribution in [3.05, 3.63) is 65.0 Å². The van der Waals surface area contributed by atoms with Crippen LogP contribution in [0.1, 0.15) is 23.5 Å². The molecule has 1 N–H and O–H groups in total. The van der Waals surface area contributed by atoms with E-state index in [1.807, 2.05) is 12.1 Å². The zero-order chi connectivity index (χ0) is 19.6. The van der Waals surface area contributed by atoms with Gasteiger partial charge in [-0.05, 0) is 29.3 Å². The summed E-state index contributed by atoms with van der Waals surface area (Å²) in [6.07, 6.45) is -0.0800. The number of methoxy groups -OCH3 is 1. The molecule has 0 radical (unpaired) electrons. The minimum atomic E-state index is -1.28. The number of carbonyl (C=O) groups excluding carboxylic acids is 1. The van der Waals surface area contributed by atoms with Gasteiger partial charge in [-0.3, -0.25) is 4.79 Å². The summed E-state index contributed by atoms with van der Waals surface area (Å²) in [4.78, 5) is 14.1. The quantitative estimate of drug-likeness (QED) is 0.812. The number of likely N-dealkylation sites (tertiary alicyclic amines) is 1. The molecular formula is C20H20F3NO3. The van der Waals surface area contributed by atoms with Crippen molar-refractivity contribution in [2.45, 2.75) is 18.9 Å². The Labute approximate surface area is 155 Å². The first kappa shape index (κ1) is 19.2. The molecule has 0 aromatic heterocycles. The van der Waals surface area contributed by atoms with Gasteiger partial charge in [0.05, 0.1) is 7.11 Å². The highest BCUT2D eigenvalue weighted by Crippen LogP contribution is 2.36. The fourth-order valence-corrected chi connectivity index (χ4v) is 3.47. The number of piperidine rings is 1. The molecule has 0 spiro atoms. The van der Waals surface area contributed by atoms with Crippen molar-refractivity contribution >= 4 is 5.91 Å². The van der Waals surface area contributed by atoms with Crippen LogP contribution in [0.25, 0.3) is 0 Å². The van der Waals surface area contributed by atoms with Crippen molar-refractivity contribution in [3.63, 3.8) is 0 Å². The highest BCUT2D eigenvalue weighted by atomic mass is 19.2. The van der Waals surface area contributed by atoms with Crippen LogP contribution in [-0.2, 0) is 11.3 Å². The number of amides is 1. The molecule has 2 aromatic rings. The van der Waals surface area contributed by atoms with Crippen molar-refractivity contribution in [2.75, 3.05) is 20.3 Å². The number of halogens is 3. The molecule has 2 atom stereocenters. The lowest BCUT2D eigenvalue weighted by Gasteiger charge is -2.38. The zero-order valence-electron chi connectivity index (χ0n) is 14.8. The molecule has 0 bridgehead atoms. The highest BCUT2D eigenvalue weighted by molar-refractivity contribution is 5.78. The van der Waals surface area contributed by atoms with Crippen LogP contribution in [0.5, 0.6) is 5.75 Å². The molecule has 1 fully saturated rings. The van der Waals surface area contributed by atoms with Crippen molar-refractivity contribution in [3.8, 4) is 5.75 Å². The first-order valence-corrected chi connectivity index (χ1v) is 8.59. The van der Waals surface area contributed by atoms with Crippen LogP contribution < -0.4 is 4.74 Å². The number of nitrogens with zero attached hydrogens (tertiary/aromatic N) is 1. The fourth-order valence-electron chi connectivity index (χ4n) is 3.47. The van der Waals surface area contributed by atoms with Gasteiger partial charge in [-0.1, -0.05) is 12.1 Å². The third-order valence-electron chi connectivity index (χ3n) is 4.98. The largest absolute Gasteiger partial charge is 0.497 e. The van der Waals surface area contributed by atoms with Crippen LogP contribution in [0.2, 0.25) is 0 Å². The molecule has 1 amide bonds. The Bertz CT molecular complexity index is 826. The lowest BCUT2D eigenvalue weighted by atomic mass is 9.80. The van der Waals surface area contributed by atoms with E-state index >= 15 is 0 Å². The molecule has 7 heteroatoms. The number of aliphatic hydroxyl groups excluding tert-OH is 1. The van der Waals surface area contributed by atoms with Gasteiger partial charge in [-0.15, -0.1) is 0 Å². The normalized spacial score (nSPS) is 20.0. The third kappa shape index (κ3) is 4.08. The molecule has 3 rings (SSSR count). The summed E-state index contributed by atoms with van der Waals surface area (Å²) in [5, 5.41) is 9.73. The van der Waals surface area contributed by atoms with E-state index in [1.165, 1.54) is 0 Å². The molecule has 1 aliphatic heterocycles. The summed E-state index contributed by atoms with van der Waals surface area (Å²) >= 11 is 0. The minimum Gasteiger partial charge on any atom is -0.497 e. The Morgan fingerprint density at radius 3 is 2.41 bits per heavy atom. The van der Waals surface area contributed by atoms with Gasteiger partial charge in [-0.25, -0.2) is 13.2 Å². The summed E-state index contributed by atoms with van der Waals surface area (Å²) in [6.45, 7) is 0.242. The molecule has 1 aliphatic rings. The lowest BCUT2D eigenvalue weighted by molar-refractivity contribution is -0.137. The second-order valence-electron chi connectivity index (χ2n) is 6.66. The second-order valence-corrected chi connectivity index (χ2v) is 6.66. The van der Waals surface area contributed by atoms with Gasteiger partial charge >= 0.3 is 0 Å².